The number of nitrogens with one attached hydrogen (secondary N) is 1. The summed E-state index contributed by atoms with van der Waals surface area (Å²) < 4.78 is 26.4. The summed E-state index contributed by atoms with van der Waals surface area (Å²) in [6.07, 6.45) is 5.88. The highest BCUT2D eigenvalue weighted by atomic mass is 35.5. The third-order valence-corrected chi connectivity index (χ3v) is 7.99. The van der Waals surface area contributed by atoms with E-state index >= 15 is 0 Å². The standard InChI is InChI=1S/C26H34ClN3O4S/c1-4-20-13-15-23(16-14-20)30(35(3,33)34)18-25(31)29(17-21-9-5-8-12-24(21)27)19(2)26(32)28-22-10-6-7-11-22/h5,8-9,12-16,19,22H,4,6-7,10-11,17-18H2,1-3H3,(H,28,32). The number of carbonyl (C=O) groups is 2. The van der Waals surface area contributed by atoms with Gasteiger partial charge >= 0.3 is 0 Å². The molecule has 1 fully saturated rings. The Hall–Kier alpha value is -2.58. The number of rotatable bonds is 10. The van der Waals surface area contributed by atoms with Crippen molar-refractivity contribution in [1.29, 1.82) is 0 Å². The van der Waals surface area contributed by atoms with Gasteiger partial charge in [0, 0.05) is 17.6 Å². The van der Waals surface area contributed by atoms with Crippen LogP contribution in [-0.2, 0) is 32.6 Å². The summed E-state index contributed by atoms with van der Waals surface area (Å²) in [5, 5.41) is 3.52. The minimum Gasteiger partial charge on any atom is -0.352 e. The minimum atomic E-state index is -3.75. The SMILES string of the molecule is CCc1ccc(N(CC(=O)N(Cc2ccccc2Cl)C(C)C(=O)NC2CCCC2)S(C)(=O)=O)cc1. The maximum Gasteiger partial charge on any atom is 0.244 e. The Kier molecular flexibility index (Phi) is 9.19. The number of nitrogens with zero attached hydrogens (tertiary/aromatic N) is 2. The van der Waals surface area contributed by atoms with Crippen LogP contribution >= 0.6 is 11.6 Å². The molecule has 1 aliphatic carbocycles. The first-order valence-electron chi connectivity index (χ1n) is 12.0. The van der Waals surface area contributed by atoms with Gasteiger partial charge in [0.15, 0.2) is 0 Å². The third kappa shape index (κ3) is 7.21. The van der Waals surface area contributed by atoms with E-state index in [2.05, 4.69) is 5.32 Å². The first-order chi connectivity index (χ1) is 16.6. The molecule has 0 aliphatic heterocycles. The second-order valence-electron chi connectivity index (χ2n) is 9.07. The van der Waals surface area contributed by atoms with Gasteiger partial charge in [0.05, 0.1) is 11.9 Å². The molecule has 7 nitrogen and oxygen atoms in total. The van der Waals surface area contributed by atoms with Crippen molar-refractivity contribution in [3.8, 4) is 0 Å². The van der Waals surface area contributed by atoms with Crippen LogP contribution in [0.3, 0.4) is 0 Å². The van der Waals surface area contributed by atoms with E-state index in [1.807, 2.05) is 25.1 Å². The van der Waals surface area contributed by atoms with Crippen LogP contribution in [0.2, 0.25) is 5.02 Å². The average molecular weight is 520 g/mol. The van der Waals surface area contributed by atoms with Crippen molar-refractivity contribution < 1.29 is 18.0 Å². The zero-order chi connectivity index (χ0) is 25.6. The van der Waals surface area contributed by atoms with Gasteiger partial charge < -0.3 is 10.2 Å². The van der Waals surface area contributed by atoms with E-state index in [-0.39, 0.29) is 18.5 Å². The van der Waals surface area contributed by atoms with Gasteiger partial charge in [0.1, 0.15) is 12.6 Å². The Morgan fingerprint density at radius 2 is 1.71 bits per heavy atom. The van der Waals surface area contributed by atoms with Gasteiger partial charge in [-0.2, -0.15) is 0 Å². The van der Waals surface area contributed by atoms with Crippen LogP contribution in [-0.4, -0.2) is 50.0 Å². The van der Waals surface area contributed by atoms with Crippen LogP contribution in [0.25, 0.3) is 0 Å². The van der Waals surface area contributed by atoms with Crippen molar-refractivity contribution in [3.05, 3.63) is 64.7 Å². The molecule has 2 aromatic carbocycles. The molecule has 1 N–H and O–H groups in total. The number of anilines is 1. The van der Waals surface area contributed by atoms with Crippen LogP contribution < -0.4 is 9.62 Å². The molecule has 0 radical (unpaired) electrons. The van der Waals surface area contributed by atoms with E-state index in [1.165, 1.54) is 4.90 Å². The molecule has 0 spiro atoms. The summed E-state index contributed by atoms with van der Waals surface area (Å²) in [6, 6.07) is 13.5. The molecule has 3 rings (SSSR count). The fourth-order valence-electron chi connectivity index (χ4n) is 4.30. The van der Waals surface area contributed by atoms with Gasteiger partial charge in [-0.3, -0.25) is 13.9 Å². The molecule has 0 aromatic heterocycles. The molecule has 0 bridgehead atoms. The van der Waals surface area contributed by atoms with E-state index in [4.69, 9.17) is 11.6 Å². The number of benzene rings is 2. The Morgan fingerprint density at radius 1 is 1.09 bits per heavy atom. The Morgan fingerprint density at radius 3 is 2.29 bits per heavy atom. The lowest BCUT2D eigenvalue weighted by Gasteiger charge is -2.32. The van der Waals surface area contributed by atoms with E-state index in [9.17, 15) is 18.0 Å². The highest BCUT2D eigenvalue weighted by Gasteiger charge is 2.31. The van der Waals surface area contributed by atoms with Crippen molar-refractivity contribution in [3.63, 3.8) is 0 Å². The highest BCUT2D eigenvalue weighted by molar-refractivity contribution is 7.92. The first kappa shape index (κ1) is 27.0. The predicted molar refractivity (Wildman–Crippen MR) is 140 cm³/mol. The van der Waals surface area contributed by atoms with Crippen molar-refractivity contribution in [2.45, 2.75) is 64.6 Å². The maximum atomic E-state index is 13.6. The summed E-state index contributed by atoms with van der Waals surface area (Å²) in [5.41, 5.74) is 2.14. The summed E-state index contributed by atoms with van der Waals surface area (Å²) in [6.45, 7) is 3.34. The third-order valence-electron chi connectivity index (χ3n) is 6.48. The Labute approximate surface area is 213 Å². The molecule has 1 aliphatic rings. The zero-order valence-electron chi connectivity index (χ0n) is 20.5. The lowest BCUT2D eigenvalue weighted by atomic mass is 10.1. The van der Waals surface area contributed by atoms with Crippen LogP contribution in [0.5, 0.6) is 0 Å². The van der Waals surface area contributed by atoms with Gasteiger partial charge in [-0.1, -0.05) is 61.7 Å². The summed E-state index contributed by atoms with van der Waals surface area (Å²) in [5.74, 6) is -0.737. The predicted octanol–water partition coefficient (Wildman–Crippen LogP) is 4.14. The van der Waals surface area contributed by atoms with Crippen LogP contribution in [0.1, 0.15) is 50.7 Å². The Bertz CT molecular complexity index is 1130. The monoisotopic (exact) mass is 519 g/mol. The molecule has 1 unspecified atom stereocenters. The lowest BCUT2D eigenvalue weighted by molar-refractivity contribution is -0.139. The molecule has 9 heteroatoms. The van der Waals surface area contributed by atoms with Crippen LogP contribution in [0.15, 0.2) is 48.5 Å². The molecule has 190 valence electrons. The normalized spacial score (nSPS) is 15.0. The molecule has 0 heterocycles. The number of halogens is 1. The number of hydrogen-bond donors (Lipinski definition) is 1. The van der Waals surface area contributed by atoms with E-state index in [0.29, 0.717) is 16.3 Å². The van der Waals surface area contributed by atoms with E-state index in [0.717, 1.165) is 48.2 Å². The van der Waals surface area contributed by atoms with Gasteiger partial charge in [-0.05, 0) is 55.5 Å². The quantitative estimate of drug-likeness (QED) is 0.511. The maximum absolute atomic E-state index is 13.6. The second-order valence-corrected chi connectivity index (χ2v) is 11.4. The molecule has 1 atom stereocenters. The first-order valence-corrected chi connectivity index (χ1v) is 14.2. The molecule has 2 aromatic rings. The lowest BCUT2D eigenvalue weighted by Crippen LogP contribution is -2.52. The smallest absolute Gasteiger partial charge is 0.244 e. The van der Waals surface area contributed by atoms with Gasteiger partial charge in [0.2, 0.25) is 21.8 Å². The van der Waals surface area contributed by atoms with Gasteiger partial charge in [0.25, 0.3) is 0 Å². The fraction of sp³-hybridized carbons (Fsp3) is 0.462. The topological polar surface area (TPSA) is 86.8 Å². The largest absolute Gasteiger partial charge is 0.352 e. The molecule has 1 saturated carbocycles. The minimum absolute atomic E-state index is 0.0874. The zero-order valence-corrected chi connectivity index (χ0v) is 22.1. The molecule has 2 amide bonds. The van der Waals surface area contributed by atoms with Crippen molar-refractivity contribution in [1.82, 2.24) is 10.2 Å². The summed E-state index contributed by atoms with van der Waals surface area (Å²) in [7, 11) is -3.75. The van der Waals surface area contributed by atoms with Crippen LogP contribution in [0.4, 0.5) is 5.69 Å². The van der Waals surface area contributed by atoms with E-state index < -0.39 is 28.5 Å². The van der Waals surface area contributed by atoms with Crippen molar-refractivity contribution in [2.75, 3.05) is 17.1 Å². The van der Waals surface area contributed by atoms with Crippen molar-refractivity contribution >= 4 is 39.1 Å². The summed E-state index contributed by atoms with van der Waals surface area (Å²) in [4.78, 5) is 28.1. The number of carbonyl (C=O) groups excluding carboxylic acids is 2. The summed E-state index contributed by atoms with van der Waals surface area (Å²) >= 11 is 6.35. The fourth-order valence-corrected chi connectivity index (χ4v) is 5.34. The number of sulfonamides is 1. The number of aryl methyl sites for hydroxylation is 1. The molecule has 35 heavy (non-hydrogen) atoms. The Balaban J connectivity index is 1.88. The van der Waals surface area contributed by atoms with E-state index in [1.54, 1.807) is 37.3 Å². The van der Waals surface area contributed by atoms with Crippen molar-refractivity contribution in [2.24, 2.45) is 0 Å². The van der Waals surface area contributed by atoms with Gasteiger partial charge in [-0.25, -0.2) is 8.42 Å². The van der Waals surface area contributed by atoms with Gasteiger partial charge in [-0.15, -0.1) is 0 Å². The average Bonchev–Trinajstić information content (AvgIpc) is 3.34. The van der Waals surface area contributed by atoms with Crippen LogP contribution in [0, 0.1) is 0 Å². The molecule has 0 saturated heterocycles. The highest BCUT2D eigenvalue weighted by Crippen LogP contribution is 2.23. The second kappa shape index (κ2) is 11.9. The number of hydrogen-bond acceptors (Lipinski definition) is 4. The number of amides is 2. The molecular formula is C26H34ClN3O4S. The molecular weight excluding hydrogens is 486 g/mol.